The zero-order chi connectivity index (χ0) is 18.5. The number of hydrogen-bond acceptors (Lipinski definition) is 5. The Morgan fingerprint density at radius 2 is 2.15 bits per heavy atom. The number of nitrogens with one attached hydrogen (secondary N) is 1. The molecule has 0 radical (unpaired) electrons. The van der Waals surface area contributed by atoms with Gasteiger partial charge in [0.15, 0.2) is 0 Å². The first-order valence-electron chi connectivity index (χ1n) is 8.91. The molecule has 2 bridgehead atoms. The van der Waals surface area contributed by atoms with E-state index < -0.39 is 5.92 Å². The van der Waals surface area contributed by atoms with Crippen LogP contribution < -0.4 is 11.1 Å². The maximum Gasteiger partial charge on any atom is 0.315 e. The molecular weight excluding hydrogens is 330 g/mol. The number of aromatic nitrogens is 1. The standard InChI is InChI=1S/C20H23N3O3/c1-2-26-20(25)16-5-3-4-6-19(24)23-18-12-14(21)7-8-15(18)13-9-10-22-17(16)11-13/h7-12,16H,2-6,21H2,1H3,(H,23,24). The van der Waals surface area contributed by atoms with Crippen LogP contribution in [0.2, 0.25) is 0 Å². The van der Waals surface area contributed by atoms with E-state index in [1.54, 1.807) is 25.3 Å². The fraction of sp³-hybridized carbons (Fsp3) is 0.350. The molecule has 1 aliphatic heterocycles. The van der Waals surface area contributed by atoms with Crippen LogP contribution in [0, 0.1) is 0 Å². The van der Waals surface area contributed by atoms with Crippen molar-refractivity contribution in [3.05, 3.63) is 42.2 Å². The van der Waals surface area contributed by atoms with Gasteiger partial charge in [-0.3, -0.25) is 14.6 Å². The van der Waals surface area contributed by atoms with E-state index in [2.05, 4.69) is 10.3 Å². The number of esters is 1. The Kier molecular flexibility index (Phi) is 5.51. The van der Waals surface area contributed by atoms with Gasteiger partial charge in [0, 0.05) is 23.9 Å². The second-order valence-electron chi connectivity index (χ2n) is 6.37. The van der Waals surface area contributed by atoms with Crippen LogP contribution >= 0.6 is 0 Å². The number of rotatable bonds is 2. The number of carbonyl (C=O) groups excluding carboxylic acids is 2. The second kappa shape index (κ2) is 7.99. The molecule has 136 valence electrons. The highest BCUT2D eigenvalue weighted by Crippen LogP contribution is 2.33. The highest BCUT2D eigenvalue weighted by molar-refractivity contribution is 5.96. The lowest BCUT2D eigenvalue weighted by molar-refractivity contribution is -0.145. The van der Waals surface area contributed by atoms with Gasteiger partial charge in [-0.1, -0.05) is 12.5 Å². The van der Waals surface area contributed by atoms with E-state index in [0.29, 0.717) is 42.9 Å². The van der Waals surface area contributed by atoms with E-state index >= 15 is 0 Å². The number of hydrogen-bond donors (Lipinski definition) is 2. The van der Waals surface area contributed by atoms with Gasteiger partial charge < -0.3 is 15.8 Å². The molecule has 2 heterocycles. The number of nitrogens with two attached hydrogens (primary N) is 1. The number of nitrogens with zero attached hydrogens (tertiary/aromatic N) is 1. The lowest BCUT2D eigenvalue weighted by Gasteiger charge is -2.18. The Labute approximate surface area is 152 Å². The predicted molar refractivity (Wildman–Crippen MR) is 101 cm³/mol. The summed E-state index contributed by atoms with van der Waals surface area (Å²) < 4.78 is 5.23. The Balaban J connectivity index is 2.08. The maximum atomic E-state index is 12.4. The van der Waals surface area contributed by atoms with Crippen molar-refractivity contribution < 1.29 is 14.3 Å². The third-order valence-electron chi connectivity index (χ3n) is 4.48. The molecule has 1 unspecified atom stereocenters. The van der Waals surface area contributed by atoms with Gasteiger partial charge in [-0.25, -0.2) is 0 Å². The van der Waals surface area contributed by atoms with Crippen LogP contribution in [0.5, 0.6) is 0 Å². The van der Waals surface area contributed by atoms with Gasteiger partial charge in [0.2, 0.25) is 5.91 Å². The van der Waals surface area contributed by atoms with Crippen LogP contribution in [-0.2, 0) is 14.3 Å². The first-order valence-corrected chi connectivity index (χ1v) is 8.91. The molecule has 0 saturated carbocycles. The van der Waals surface area contributed by atoms with Crippen molar-refractivity contribution in [3.8, 4) is 11.1 Å². The number of pyridine rings is 1. The number of benzene rings is 1. The van der Waals surface area contributed by atoms with Crippen molar-refractivity contribution in [2.24, 2.45) is 0 Å². The number of nitrogen functional groups attached to an aromatic ring is 1. The minimum atomic E-state index is -0.422. The molecule has 1 aromatic carbocycles. The zero-order valence-corrected chi connectivity index (χ0v) is 14.8. The summed E-state index contributed by atoms with van der Waals surface area (Å²) in [5, 5.41) is 2.95. The van der Waals surface area contributed by atoms with Gasteiger partial charge in [-0.2, -0.15) is 0 Å². The van der Waals surface area contributed by atoms with E-state index in [0.717, 1.165) is 17.5 Å². The van der Waals surface area contributed by atoms with Crippen molar-refractivity contribution in [1.29, 1.82) is 0 Å². The Bertz CT molecular complexity index is 820. The molecule has 6 heteroatoms. The van der Waals surface area contributed by atoms with Gasteiger partial charge in [0.05, 0.1) is 23.9 Å². The van der Waals surface area contributed by atoms with Gasteiger partial charge in [0.1, 0.15) is 0 Å². The van der Waals surface area contributed by atoms with E-state index in [-0.39, 0.29) is 11.9 Å². The second-order valence-corrected chi connectivity index (χ2v) is 6.37. The molecule has 0 spiro atoms. The van der Waals surface area contributed by atoms with Crippen molar-refractivity contribution in [3.63, 3.8) is 0 Å². The first kappa shape index (κ1) is 17.9. The monoisotopic (exact) mass is 353 g/mol. The summed E-state index contributed by atoms with van der Waals surface area (Å²) in [5.41, 5.74) is 9.55. The van der Waals surface area contributed by atoms with Gasteiger partial charge >= 0.3 is 5.97 Å². The van der Waals surface area contributed by atoms with E-state index in [4.69, 9.17) is 10.5 Å². The average molecular weight is 353 g/mol. The largest absolute Gasteiger partial charge is 0.465 e. The molecule has 0 aliphatic carbocycles. The summed E-state index contributed by atoms with van der Waals surface area (Å²) in [6.07, 6.45) is 4.12. The summed E-state index contributed by atoms with van der Waals surface area (Å²) in [6, 6.07) is 9.17. The van der Waals surface area contributed by atoms with Gasteiger partial charge in [-0.15, -0.1) is 0 Å². The fourth-order valence-corrected chi connectivity index (χ4v) is 3.20. The third kappa shape index (κ3) is 4.02. The smallest absolute Gasteiger partial charge is 0.315 e. The third-order valence-corrected chi connectivity index (χ3v) is 4.48. The summed E-state index contributed by atoms with van der Waals surface area (Å²) in [4.78, 5) is 29.1. The van der Waals surface area contributed by atoms with Crippen LogP contribution in [-0.4, -0.2) is 23.5 Å². The Hall–Kier alpha value is -2.89. The minimum absolute atomic E-state index is 0.0561. The van der Waals surface area contributed by atoms with Crippen molar-refractivity contribution >= 4 is 23.3 Å². The molecule has 3 N–H and O–H groups in total. The van der Waals surface area contributed by atoms with E-state index in [1.165, 1.54) is 0 Å². The molecule has 1 aliphatic rings. The summed E-state index contributed by atoms with van der Waals surface area (Å²) in [7, 11) is 0. The highest BCUT2D eigenvalue weighted by Gasteiger charge is 2.24. The molecule has 6 nitrogen and oxygen atoms in total. The lowest BCUT2D eigenvalue weighted by atomic mass is 9.94. The molecular formula is C20H23N3O3. The van der Waals surface area contributed by atoms with Crippen LogP contribution in [0.1, 0.15) is 44.2 Å². The van der Waals surface area contributed by atoms with Gasteiger partial charge in [0.25, 0.3) is 0 Å². The maximum absolute atomic E-state index is 12.4. The number of carbonyl (C=O) groups is 2. The highest BCUT2D eigenvalue weighted by atomic mass is 16.5. The van der Waals surface area contributed by atoms with Gasteiger partial charge in [-0.05, 0) is 49.6 Å². The number of ether oxygens (including phenoxy) is 1. The minimum Gasteiger partial charge on any atom is -0.465 e. The van der Waals surface area contributed by atoms with Crippen LogP contribution in [0.3, 0.4) is 0 Å². The van der Waals surface area contributed by atoms with Crippen LogP contribution in [0.25, 0.3) is 11.1 Å². The molecule has 0 fully saturated rings. The molecule has 26 heavy (non-hydrogen) atoms. The molecule has 1 amide bonds. The normalized spacial score (nSPS) is 17.3. The summed E-state index contributed by atoms with van der Waals surface area (Å²) in [6.45, 7) is 2.13. The van der Waals surface area contributed by atoms with Crippen LogP contribution in [0.4, 0.5) is 11.4 Å². The molecule has 0 saturated heterocycles. The number of anilines is 2. The zero-order valence-electron chi connectivity index (χ0n) is 14.8. The molecule has 2 aromatic rings. The van der Waals surface area contributed by atoms with Crippen molar-refractivity contribution in [1.82, 2.24) is 4.98 Å². The van der Waals surface area contributed by atoms with Crippen molar-refractivity contribution in [2.75, 3.05) is 17.7 Å². The molecule has 3 rings (SSSR count). The lowest BCUT2D eigenvalue weighted by Crippen LogP contribution is -2.18. The molecule has 1 aromatic heterocycles. The van der Waals surface area contributed by atoms with E-state index in [1.807, 2.05) is 18.2 Å². The molecule has 1 atom stereocenters. The SMILES string of the molecule is CCOC(=O)C1CCCCC(=O)Nc2cc(N)ccc2-c2ccnc1c2. The Morgan fingerprint density at radius 1 is 1.31 bits per heavy atom. The fourth-order valence-electron chi connectivity index (χ4n) is 3.20. The summed E-state index contributed by atoms with van der Waals surface area (Å²) >= 11 is 0. The topological polar surface area (TPSA) is 94.3 Å². The van der Waals surface area contributed by atoms with Crippen LogP contribution in [0.15, 0.2) is 36.5 Å². The average Bonchev–Trinajstić information content (AvgIpc) is 2.61. The summed E-state index contributed by atoms with van der Waals surface area (Å²) in [5.74, 6) is -0.745. The predicted octanol–water partition coefficient (Wildman–Crippen LogP) is 3.49. The first-order chi connectivity index (χ1) is 12.6. The van der Waals surface area contributed by atoms with Crippen molar-refractivity contribution in [2.45, 2.75) is 38.5 Å². The quantitative estimate of drug-likeness (QED) is 0.636. The number of amides is 1. The van der Waals surface area contributed by atoms with E-state index in [9.17, 15) is 9.59 Å². The Morgan fingerprint density at radius 3 is 2.96 bits per heavy atom. The number of fused-ring (bicyclic) bond motifs is 4.